The molecule has 0 saturated carbocycles. The first-order valence-corrected chi connectivity index (χ1v) is 15.8. The molecule has 1 heterocycles. The minimum Gasteiger partial charge on any atom is -0.456 e. The van der Waals surface area contributed by atoms with Crippen molar-refractivity contribution in [3.8, 4) is 0 Å². The van der Waals surface area contributed by atoms with E-state index in [0.29, 0.717) is 0 Å². The van der Waals surface area contributed by atoms with Crippen molar-refractivity contribution in [3.63, 3.8) is 0 Å². The van der Waals surface area contributed by atoms with Gasteiger partial charge in [0.25, 0.3) is 0 Å². The maximum absolute atomic E-state index is 6.37. The molecule has 0 aliphatic carbocycles. The third-order valence-corrected chi connectivity index (χ3v) is 9.60. The number of para-hydroxylation sites is 1. The van der Waals surface area contributed by atoms with E-state index in [1.165, 1.54) is 59.2 Å². The molecule has 0 N–H and O–H groups in total. The molecule has 0 radical (unpaired) electrons. The summed E-state index contributed by atoms with van der Waals surface area (Å²) in [7, 11) is 0. The summed E-state index contributed by atoms with van der Waals surface area (Å²) in [4.78, 5) is 2.44. The largest absolute Gasteiger partial charge is 0.456 e. The summed E-state index contributed by atoms with van der Waals surface area (Å²) in [6.07, 6.45) is 0. The number of anilines is 3. The summed E-state index contributed by atoms with van der Waals surface area (Å²) in [6, 6.07) is 59.1. The van der Waals surface area contributed by atoms with Gasteiger partial charge in [-0.2, -0.15) is 0 Å². The third-order valence-electron chi connectivity index (χ3n) is 9.60. The molecule has 0 saturated heterocycles. The molecule has 0 spiro atoms. The number of furan rings is 1. The summed E-state index contributed by atoms with van der Waals surface area (Å²) in [6.45, 7) is 0. The van der Waals surface area contributed by atoms with Crippen molar-refractivity contribution in [2.75, 3.05) is 4.90 Å². The predicted molar refractivity (Wildman–Crippen MR) is 196 cm³/mol. The van der Waals surface area contributed by atoms with Crippen LogP contribution in [-0.2, 0) is 0 Å². The Morgan fingerprint density at radius 3 is 1.57 bits per heavy atom. The highest BCUT2D eigenvalue weighted by Gasteiger charge is 2.20. The number of nitrogens with zero attached hydrogens (tertiary/aromatic N) is 1. The molecule has 10 rings (SSSR count). The maximum atomic E-state index is 6.37. The molecule has 0 amide bonds. The number of rotatable bonds is 3. The zero-order valence-corrected chi connectivity index (χ0v) is 24.9. The highest BCUT2D eigenvalue weighted by molar-refractivity contribution is 6.34. The topological polar surface area (TPSA) is 16.4 Å². The van der Waals surface area contributed by atoms with Gasteiger partial charge in [-0.05, 0) is 80.2 Å². The molecule has 2 heteroatoms. The molecule has 46 heavy (non-hydrogen) atoms. The first kappa shape index (κ1) is 25.2. The normalized spacial score (nSPS) is 11.9. The van der Waals surface area contributed by atoms with E-state index in [0.717, 1.165) is 33.6 Å². The fraction of sp³-hybridized carbons (Fsp3) is 0. The van der Waals surface area contributed by atoms with Crippen LogP contribution in [0.2, 0.25) is 0 Å². The van der Waals surface area contributed by atoms with Gasteiger partial charge < -0.3 is 9.32 Å². The van der Waals surface area contributed by atoms with Gasteiger partial charge in [-0.3, -0.25) is 0 Å². The van der Waals surface area contributed by atoms with Crippen molar-refractivity contribution in [2.24, 2.45) is 0 Å². The van der Waals surface area contributed by atoms with E-state index in [2.05, 4.69) is 163 Å². The highest BCUT2D eigenvalue weighted by Crippen LogP contribution is 2.46. The Balaban J connectivity index is 1.35. The first-order chi connectivity index (χ1) is 22.8. The molecule has 0 atom stereocenters. The van der Waals surface area contributed by atoms with Gasteiger partial charge in [0.05, 0.1) is 11.4 Å². The Hall–Kier alpha value is -6.12. The fourth-order valence-electron chi connectivity index (χ4n) is 7.60. The molecule has 0 aliphatic rings. The zero-order chi connectivity index (χ0) is 30.2. The van der Waals surface area contributed by atoms with Crippen LogP contribution >= 0.6 is 0 Å². The molecule has 1 aromatic heterocycles. The van der Waals surface area contributed by atoms with Crippen molar-refractivity contribution < 1.29 is 4.42 Å². The third kappa shape index (κ3) is 3.59. The van der Waals surface area contributed by atoms with Gasteiger partial charge in [0.2, 0.25) is 0 Å². The lowest BCUT2D eigenvalue weighted by Gasteiger charge is -2.28. The number of hydrogen-bond donors (Lipinski definition) is 0. The van der Waals surface area contributed by atoms with Crippen LogP contribution in [0.4, 0.5) is 17.1 Å². The Morgan fingerprint density at radius 1 is 0.326 bits per heavy atom. The first-order valence-electron chi connectivity index (χ1n) is 15.8. The second-order valence-corrected chi connectivity index (χ2v) is 12.1. The van der Waals surface area contributed by atoms with Crippen LogP contribution < -0.4 is 4.90 Å². The van der Waals surface area contributed by atoms with Gasteiger partial charge in [-0.25, -0.2) is 0 Å². The van der Waals surface area contributed by atoms with E-state index in [1.807, 2.05) is 6.07 Å². The summed E-state index contributed by atoms with van der Waals surface area (Å²) < 4.78 is 6.37. The molecule has 0 unspecified atom stereocenters. The lowest BCUT2D eigenvalue weighted by Crippen LogP contribution is -2.11. The van der Waals surface area contributed by atoms with E-state index in [1.54, 1.807) is 0 Å². The summed E-state index contributed by atoms with van der Waals surface area (Å²) in [5.41, 5.74) is 5.27. The second-order valence-electron chi connectivity index (χ2n) is 12.1. The molecule has 2 nitrogen and oxygen atoms in total. The molecule has 9 aromatic carbocycles. The quantitative estimate of drug-likeness (QED) is 0.192. The SMILES string of the molecule is c1ccc2c(N(c3ccc4c5ccccc5c5c(ccc6oc7ccccc7c65)c4c3)c3cccc4ccccc34)cccc2c1. The maximum Gasteiger partial charge on any atom is 0.136 e. The van der Waals surface area contributed by atoms with Gasteiger partial charge in [0.15, 0.2) is 0 Å². The summed E-state index contributed by atoms with van der Waals surface area (Å²) in [5.74, 6) is 0. The summed E-state index contributed by atoms with van der Waals surface area (Å²) >= 11 is 0. The van der Waals surface area contributed by atoms with Crippen LogP contribution in [0.25, 0.3) is 75.8 Å². The van der Waals surface area contributed by atoms with E-state index in [9.17, 15) is 0 Å². The molecule has 0 aliphatic heterocycles. The van der Waals surface area contributed by atoms with Crippen LogP contribution in [0.5, 0.6) is 0 Å². The molecular weight excluding hydrogens is 558 g/mol. The second kappa shape index (κ2) is 9.69. The van der Waals surface area contributed by atoms with Gasteiger partial charge in [-0.15, -0.1) is 0 Å². The highest BCUT2D eigenvalue weighted by atomic mass is 16.3. The van der Waals surface area contributed by atoms with Gasteiger partial charge in [0.1, 0.15) is 11.2 Å². The minimum absolute atomic E-state index is 0.918. The van der Waals surface area contributed by atoms with Crippen molar-refractivity contribution in [2.45, 2.75) is 0 Å². The predicted octanol–water partition coefficient (Wildman–Crippen LogP) is 12.8. The van der Waals surface area contributed by atoms with Crippen LogP contribution in [-0.4, -0.2) is 0 Å². The molecule has 0 bridgehead atoms. The standard InChI is InChI=1S/C44H27NO/c1-3-15-31-28(11-1)13-9-20-39(31)45(40-21-10-14-29-12-2-4-16-32(29)40)30-23-24-34-33-17-5-6-18-35(33)43-36(38(34)27-30)25-26-42-44(43)37-19-7-8-22-41(37)46-42/h1-27H. The number of benzene rings is 9. The van der Waals surface area contributed by atoms with Crippen molar-refractivity contribution >= 4 is 92.9 Å². The van der Waals surface area contributed by atoms with E-state index in [-0.39, 0.29) is 0 Å². The van der Waals surface area contributed by atoms with Crippen LogP contribution in [0, 0.1) is 0 Å². The lowest BCUT2D eigenvalue weighted by atomic mass is 9.91. The molecule has 214 valence electrons. The molecular formula is C44H27NO. The van der Waals surface area contributed by atoms with E-state index >= 15 is 0 Å². The van der Waals surface area contributed by atoms with Crippen molar-refractivity contribution in [3.05, 3.63) is 164 Å². The molecule has 10 aromatic rings. The van der Waals surface area contributed by atoms with E-state index < -0.39 is 0 Å². The van der Waals surface area contributed by atoms with Crippen molar-refractivity contribution in [1.29, 1.82) is 0 Å². The van der Waals surface area contributed by atoms with Crippen LogP contribution in [0.3, 0.4) is 0 Å². The lowest BCUT2D eigenvalue weighted by molar-refractivity contribution is 0.669. The Labute approximate surface area is 265 Å². The Morgan fingerprint density at radius 2 is 0.848 bits per heavy atom. The van der Waals surface area contributed by atoms with Crippen molar-refractivity contribution in [1.82, 2.24) is 0 Å². The monoisotopic (exact) mass is 585 g/mol. The average Bonchev–Trinajstić information content (AvgIpc) is 3.51. The Bertz CT molecular complexity index is 2730. The fourth-order valence-corrected chi connectivity index (χ4v) is 7.60. The average molecular weight is 586 g/mol. The van der Waals surface area contributed by atoms with E-state index in [4.69, 9.17) is 4.42 Å². The number of hydrogen-bond acceptors (Lipinski definition) is 2. The van der Waals surface area contributed by atoms with Crippen LogP contribution in [0.15, 0.2) is 168 Å². The minimum atomic E-state index is 0.918. The Kier molecular flexibility index (Phi) is 5.31. The van der Waals surface area contributed by atoms with Gasteiger partial charge >= 0.3 is 0 Å². The van der Waals surface area contributed by atoms with Crippen LogP contribution in [0.1, 0.15) is 0 Å². The summed E-state index contributed by atoms with van der Waals surface area (Å²) in [5, 5.41) is 14.6. The zero-order valence-electron chi connectivity index (χ0n) is 24.9. The van der Waals surface area contributed by atoms with Gasteiger partial charge in [0, 0.05) is 32.6 Å². The number of fused-ring (bicyclic) bond motifs is 12. The van der Waals surface area contributed by atoms with Gasteiger partial charge in [-0.1, -0.05) is 121 Å². The smallest absolute Gasteiger partial charge is 0.136 e. The molecule has 0 fully saturated rings.